The summed E-state index contributed by atoms with van der Waals surface area (Å²) in [4.78, 5) is 13.2. The summed E-state index contributed by atoms with van der Waals surface area (Å²) >= 11 is 0. The van der Waals surface area contributed by atoms with Gasteiger partial charge in [-0.05, 0) is 23.3 Å². The number of methoxy groups -OCH3 is 1. The fourth-order valence-electron chi connectivity index (χ4n) is 4.79. The minimum atomic E-state index is -0.679. The molecule has 4 N–H and O–H groups in total. The van der Waals surface area contributed by atoms with Gasteiger partial charge >= 0.3 is 0 Å². The second-order valence-corrected chi connectivity index (χ2v) is 8.98. The second kappa shape index (κ2) is 10.2. The van der Waals surface area contributed by atoms with Gasteiger partial charge < -0.3 is 29.9 Å². The van der Waals surface area contributed by atoms with Gasteiger partial charge in [-0.1, -0.05) is 72.8 Å². The molecule has 0 amide bonds. The lowest BCUT2D eigenvalue weighted by atomic mass is 9.85. The molecule has 0 aliphatic carbocycles. The number of rotatable bonds is 6. The zero-order valence-electron chi connectivity index (χ0n) is 20.5. The predicted octanol–water partition coefficient (Wildman–Crippen LogP) is 6.07. The van der Waals surface area contributed by atoms with Crippen molar-refractivity contribution >= 4 is 11.9 Å². The fraction of sp³-hybridized carbons (Fsp3) is 0.129. The van der Waals surface area contributed by atoms with Crippen LogP contribution in [0.3, 0.4) is 0 Å². The van der Waals surface area contributed by atoms with Crippen molar-refractivity contribution in [2.75, 3.05) is 7.11 Å². The number of allylic oxidation sites excluding steroid dienone is 1. The van der Waals surface area contributed by atoms with Crippen molar-refractivity contribution in [3.63, 3.8) is 0 Å². The first-order chi connectivity index (χ1) is 18.4. The van der Waals surface area contributed by atoms with E-state index in [1.807, 2.05) is 60.7 Å². The molecule has 0 saturated heterocycles. The third kappa shape index (κ3) is 4.50. The lowest BCUT2D eigenvalue weighted by Crippen LogP contribution is -2.21. The van der Waals surface area contributed by atoms with Gasteiger partial charge in [-0.25, -0.2) is 0 Å². The SMILES string of the molecule is COc1c(/C=C/C(c2ccccc2)c2c(O)cc3c(c2O)C(=O)CC(c2ccccc2)O3)ccc(O)c1O. The minimum absolute atomic E-state index is 0.0270. The van der Waals surface area contributed by atoms with Gasteiger partial charge in [0.1, 0.15) is 28.9 Å². The standard InChI is InChI=1S/C31H26O7/c1-37-31-20(13-15-22(32)29(31)35)12-14-21(18-8-4-2-5-9-18)27-23(33)17-26-28(30(27)36)24(34)16-25(38-26)19-10-6-3-7-11-19/h2-15,17,21,25,32-33,35-36H,16H2,1H3/b14-12+. The normalized spacial score (nSPS) is 15.6. The Hall–Kier alpha value is -4.91. The summed E-state index contributed by atoms with van der Waals surface area (Å²) in [5.74, 6) is -2.09. The van der Waals surface area contributed by atoms with E-state index in [2.05, 4.69) is 0 Å². The molecule has 0 radical (unpaired) electrons. The van der Waals surface area contributed by atoms with Crippen molar-refractivity contribution in [3.8, 4) is 34.5 Å². The zero-order valence-corrected chi connectivity index (χ0v) is 20.5. The van der Waals surface area contributed by atoms with Crippen molar-refractivity contribution in [2.45, 2.75) is 18.4 Å². The number of phenolic OH excluding ortho intramolecular Hbond substituents is 4. The van der Waals surface area contributed by atoms with Crippen molar-refractivity contribution in [1.82, 2.24) is 0 Å². The highest BCUT2D eigenvalue weighted by atomic mass is 16.5. The number of ether oxygens (including phenoxy) is 2. The van der Waals surface area contributed by atoms with E-state index in [4.69, 9.17) is 9.47 Å². The van der Waals surface area contributed by atoms with Crippen molar-refractivity contribution < 1.29 is 34.7 Å². The van der Waals surface area contributed by atoms with E-state index in [0.717, 1.165) is 11.1 Å². The maximum atomic E-state index is 13.2. The molecule has 38 heavy (non-hydrogen) atoms. The van der Waals surface area contributed by atoms with Crippen LogP contribution < -0.4 is 9.47 Å². The molecule has 1 aliphatic rings. The van der Waals surface area contributed by atoms with E-state index in [9.17, 15) is 25.2 Å². The number of aromatic hydroxyl groups is 4. The van der Waals surface area contributed by atoms with Crippen LogP contribution in [0, 0.1) is 0 Å². The van der Waals surface area contributed by atoms with Gasteiger partial charge in [-0.15, -0.1) is 0 Å². The quantitative estimate of drug-likeness (QED) is 0.233. The average molecular weight is 511 g/mol. The van der Waals surface area contributed by atoms with Gasteiger partial charge in [0.2, 0.25) is 5.75 Å². The molecule has 0 saturated carbocycles. The van der Waals surface area contributed by atoms with E-state index in [-0.39, 0.29) is 52.1 Å². The number of Topliss-reactive ketones (excluding diaryl/α,β-unsaturated/α-hetero) is 1. The summed E-state index contributed by atoms with van der Waals surface area (Å²) in [5.41, 5.74) is 2.20. The largest absolute Gasteiger partial charge is 0.507 e. The van der Waals surface area contributed by atoms with Gasteiger partial charge in [0.05, 0.1) is 13.5 Å². The van der Waals surface area contributed by atoms with Crippen LogP contribution in [-0.2, 0) is 0 Å². The Labute approximate surface area is 219 Å². The summed E-state index contributed by atoms with van der Waals surface area (Å²) in [6.07, 6.45) is 2.88. The first kappa shape index (κ1) is 24.8. The predicted molar refractivity (Wildman–Crippen MR) is 142 cm³/mol. The van der Waals surface area contributed by atoms with Crippen LogP contribution in [-0.4, -0.2) is 33.3 Å². The highest BCUT2D eigenvalue weighted by Gasteiger charge is 2.34. The van der Waals surface area contributed by atoms with E-state index >= 15 is 0 Å². The molecule has 192 valence electrons. The second-order valence-electron chi connectivity index (χ2n) is 8.98. The van der Waals surface area contributed by atoms with E-state index in [1.54, 1.807) is 18.2 Å². The number of phenols is 4. The third-order valence-corrected chi connectivity index (χ3v) is 6.65. The lowest BCUT2D eigenvalue weighted by Gasteiger charge is -2.28. The number of benzene rings is 4. The van der Waals surface area contributed by atoms with Gasteiger partial charge in [-0.3, -0.25) is 4.79 Å². The van der Waals surface area contributed by atoms with Gasteiger partial charge in [0, 0.05) is 23.1 Å². The Morgan fingerprint density at radius 1 is 0.895 bits per heavy atom. The topological polar surface area (TPSA) is 116 Å². The summed E-state index contributed by atoms with van der Waals surface area (Å²) in [6.45, 7) is 0. The monoisotopic (exact) mass is 510 g/mol. The van der Waals surface area contributed by atoms with Crippen LogP contribution in [0.5, 0.6) is 34.5 Å². The molecular weight excluding hydrogens is 484 g/mol. The van der Waals surface area contributed by atoms with Crippen LogP contribution in [0.2, 0.25) is 0 Å². The smallest absolute Gasteiger partial charge is 0.201 e. The molecule has 0 aromatic heterocycles. The molecule has 0 bridgehead atoms. The van der Waals surface area contributed by atoms with Crippen LogP contribution in [0.4, 0.5) is 0 Å². The van der Waals surface area contributed by atoms with Crippen molar-refractivity contribution in [2.24, 2.45) is 0 Å². The van der Waals surface area contributed by atoms with Gasteiger partial charge in [-0.2, -0.15) is 0 Å². The third-order valence-electron chi connectivity index (χ3n) is 6.65. The number of fused-ring (bicyclic) bond motifs is 1. The van der Waals surface area contributed by atoms with Crippen LogP contribution in [0.15, 0.2) is 84.9 Å². The molecule has 5 rings (SSSR count). The zero-order chi connectivity index (χ0) is 26.8. The Balaban J connectivity index is 1.60. The Morgan fingerprint density at radius 3 is 2.26 bits per heavy atom. The number of ketones is 1. The Kier molecular flexibility index (Phi) is 6.66. The van der Waals surface area contributed by atoms with Crippen molar-refractivity contribution in [1.29, 1.82) is 0 Å². The molecule has 2 atom stereocenters. The van der Waals surface area contributed by atoms with Gasteiger partial charge in [0.15, 0.2) is 17.3 Å². The van der Waals surface area contributed by atoms with Gasteiger partial charge in [0.25, 0.3) is 0 Å². The van der Waals surface area contributed by atoms with E-state index in [1.165, 1.54) is 19.2 Å². The van der Waals surface area contributed by atoms with Crippen LogP contribution in [0.25, 0.3) is 6.08 Å². The molecule has 4 aromatic rings. The first-order valence-electron chi connectivity index (χ1n) is 12.0. The molecule has 0 fully saturated rings. The maximum absolute atomic E-state index is 13.2. The molecule has 2 unspecified atom stereocenters. The first-order valence-corrected chi connectivity index (χ1v) is 12.0. The molecule has 1 heterocycles. The Morgan fingerprint density at radius 2 is 1.58 bits per heavy atom. The maximum Gasteiger partial charge on any atom is 0.201 e. The van der Waals surface area contributed by atoms with Crippen LogP contribution >= 0.6 is 0 Å². The summed E-state index contributed by atoms with van der Waals surface area (Å²) < 4.78 is 11.3. The fourth-order valence-corrected chi connectivity index (χ4v) is 4.79. The molecule has 7 nitrogen and oxygen atoms in total. The summed E-state index contributed by atoms with van der Waals surface area (Å²) in [7, 11) is 1.37. The molecule has 7 heteroatoms. The van der Waals surface area contributed by atoms with Crippen molar-refractivity contribution in [3.05, 3.63) is 113 Å². The number of hydrogen-bond acceptors (Lipinski definition) is 7. The van der Waals surface area contributed by atoms with Crippen LogP contribution in [0.1, 0.15) is 51.1 Å². The highest BCUT2D eigenvalue weighted by Crippen LogP contribution is 2.49. The number of hydrogen-bond donors (Lipinski definition) is 4. The van der Waals surface area contributed by atoms with E-state index < -0.39 is 17.8 Å². The molecule has 0 spiro atoms. The average Bonchev–Trinajstić information content (AvgIpc) is 2.92. The summed E-state index contributed by atoms with van der Waals surface area (Å²) in [5, 5.41) is 42.5. The molecular formula is C31H26O7. The summed E-state index contributed by atoms with van der Waals surface area (Å²) in [6, 6.07) is 22.8. The highest BCUT2D eigenvalue weighted by molar-refractivity contribution is 6.03. The number of carbonyl (C=O) groups is 1. The lowest BCUT2D eigenvalue weighted by molar-refractivity contribution is 0.0844. The minimum Gasteiger partial charge on any atom is -0.507 e. The molecule has 1 aliphatic heterocycles. The number of carbonyl (C=O) groups excluding carboxylic acids is 1. The molecule has 4 aromatic carbocycles. The van der Waals surface area contributed by atoms with E-state index in [0.29, 0.717) is 5.56 Å². The Bertz CT molecular complexity index is 1510.